The molecule has 0 atom stereocenters. The Labute approximate surface area is 82.6 Å². The van der Waals surface area contributed by atoms with Crippen LogP contribution in [0.4, 0.5) is 4.39 Å². The number of hydrogen-bond donors (Lipinski definition) is 0. The summed E-state index contributed by atoms with van der Waals surface area (Å²) in [6, 6.07) is 6.47. The molecule has 2 nitrogen and oxygen atoms in total. The Hall–Kier alpha value is -1.40. The lowest BCUT2D eigenvalue weighted by Gasteiger charge is -2.30. The second kappa shape index (κ2) is 3.77. The van der Waals surface area contributed by atoms with Crippen molar-refractivity contribution in [3.05, 3.63) is 35.1 Å². The van der Waals surface area contributed by atoms with Crippen molar-refractivity contribution in [1.29, 1.82) is 5.26 Å². The second-order valence-corrected chi connectivity index (χ2v) is 3.59. The third-order valence-electron chi connectivity index (χ3n) is 2.44. The van der Waals surface area contributed by atoms with Crippen LogP contribution in [0.2, 0.25) is 0 Å². The maximum absolute atomic E-state index is 13.0. The van der Waals surface area contributed by atoms with E-state index >= 15 is 0 Å². The summed E-state index contributed by atoms with van der Waals surface area (Å²) in [6.07, 6.45) is 1.22. The molecule has 2 rings (SSSR count). The third kappa shape index (κ3) is 1.91. The van der Waals surface area contributed by atoms with Crippen molar-refractivity contribution in [3.63, 3.8) is 0 Å². The average molecular weight is 190 g/mol. The normalized spacial score (nSPS) is 16.0. The zero-order valence-corrected chi connectivity index (χ0v) is 7.83. The van der Waals surface area contributed by atoms with Crippen LogP contribution in [0, 0.1) is 17.1 Å². The summed E-state index contributed by atoms with van der Waals surface area (Å²) in [5.41, 5.74) is 1.29. The molecule has 1 fully saturated rings. The summed E-state index contributed by atoms with van der Waals surface area (Å²) in [6.45, 7) is 2.92. The summed E-state index contributed by atoms with van der Waals surface area (Å²) >= 11 is 0. The van der Waals surface area contributed by atoms with Gasteiger partial charge in [0.25, 0.3) is 0 Å². The van der Waals surface area contributed by atoms with Gasteiger partial charge in [0.15, 0.2) is 0 Å². The number of hydrogen-bond acceptors (Lipinski definition) is 2. The van der Waals surface area contributed by atoms with Gasteiger partial charge in [-0.15, -0.1) is 0 Å². The van der Waals surface area contributed by atoms with Crippen molar-refractivity contribution in [2.75, 3.05) is 13.1 Å². The highest BCUT2D eigenvalue weighted by molar-refractivity contribution is 5.33. The first-order chi connectivity index (χ1) is 6.78. The zero-order valence-electron chi connectivity index (χ0n) is 7.83. The summed E-state index contributed by atoms with van der Waals surface area (Å²) in [5, 5.41) is 8.66. The first-order valence-electron chi connectivity index (χ1n) is 4.70. The van der Waals surface area contributed by atoms with Crippen LogP contribution in [0.1, 0.15) is 17.5 Å². The standard InChI is InChI=1S/C11H11FN2/c12-11-5-9(7-13)4-10(6-11)8-14-2-1-3-14/h4-6H,1-3,8H2. The zero-order chi connectivity index (χ0) is 9.97. The maximum atomic E-state index is 13.0. The fraction of sp³-hybridized carbons (Fsp3) is 0.364. The van der Waals surface area contributed by atoms with Crippen LogP contribution in [-0.2, 0) is 6.54 Å². The molecule has 3 heteroatoms. The number of benzene rings is 1. The van der Waals surface area contributed by atoms with Gasteiger partial charge in [-0.25, -0.2) is 4.39 Å². The summed E-state index contributed by atoms with van der Waals surface area (Å²) in [7, 11) is 0. The average Bonchev–Trinajstić information content (AvgIpc) is 2.10. The lowest BCUT2D eigenvalue weighted by atomic mass is 10.1. The van der Waals surface area contributed by atoms with Gasteiger partial charge in [-0.3, -0.25) is 4.90 Å². The molecule has 0 amide bonds. The van der Waals surface area contributed by atoms with Crippen LogP contribution in [0.15, 0.2) is 18.2 Å². The van der Waals surface area contributed by atoms with Crippen LogP contribution in [0.5, 0.6) is 0 Å². The lowest BCUT2D eigenvalue weighted by molar-refractivity contribution is 0.172. The van der Waals surface area contributed by atoms with E-state index in [0.29, 0.717) is 5.56 Å². The number of likely N-dealkylation sites (tertiary alicyclic amines) is 1. The molecule has 1 aliphatic rings. The molecule has 1 aromatic rings. The molecule has 1 saturated heterocycles. The van der Waals surface area contributed by atoms with Crippen molar-refractivity contribution in [2.45, 2.75) is 13.0 Å². The van der Waals surface area contributed by atoms with E-state index in [2.05, 4.69) is 4.90 Å². The topological polar surface area (TPSA) is 27.0 Å². The van der Waals surface area contributed by atoms with Gasteiger partial charge in [-0.1, -0.05) is 0 Å². The molecule has 0 bridgehead atoms. The Morgan fingerprint density at radius 2 is 2.14 bits per heavy atom. The van der Waals surface area contributed by atoms with Crippen LogP contribution >= 0.6 is 0 Å². The Morgan fingerprint density at radius 1 is 1.36 bits per heavy atom. The first kappa shape index (κ1) is 9.17. The summed E-state index contributed by atoms with van der Waals surface area (Å²) < 4.78 is 13.0. The van der Waals surface area contributed by atoms with E-state index < -0.39 is 0 Å². The Morgan fingerprint density at radius 3 is 2.71 bits per heavy atom. The number of halogens is 1. The van der Waals surface area contributed by atoms with Crippen LogP contribution < -0.4 is 0 Å². The molecular weight excluding hydrogens is 179 g/mol. The smallest absolute Gasteiger partial charge is 0.124 e. The molecule has 0 saturated carbocycles. The fourth-order valence-electron chi connectivity index (χ4n) is 1.60. The van der Waals surface area contributed by atoms with Gasteiger partial charge in [0.1, 0.15) is 5.82 Å². The molecule has 0 unspecified atom stereocenters. The lowest BCUT2D eigenvalue weighted by Crippen LogP contribution is -2.36. The fourth-order valence-corrected chi connectivity index (χ4v) is 1.60. The summed E-state index contributed by atoms with van der Waals surface area (Å²) in [5.74, 6) is -0.320. The van der Waals surface area contributed by atoms with Gasteiger partial charge in [-0.05, 0) is 43.3 Å². The summed E-state index contributed by atoms with van der Waals surface area (Å²) in [4.78, 5) is 2.23. The van der Waals surface area contributed by atoms with E-state index in [-0.39, 0.29) is 5.82 Å². The van der Waals surface area contributed by atoms with E-state index in [4.69, 9.17) is 5.26 Å². The van der Waals surface area contributed by atoms with E-state index in [1.165, 1.54) is 18.6 Å². The molecule has 0 radical (unpaired) electrons. The van der Waals surface area contributed by atoms with E-state index in [0.717, 1.165) is 25.2 Å². The van der Waals surface area contributed by atoms with Crippen LogP contribution in [0.3, 0.4) is 0 Å². The predicted molar refractivity (Wildman–Crippen MR) is 51.0 cm³/mol. The molecule has 0 aromatic heterocycles. The first-order valence-corrected chi connectivity index (χ1v) is 4.70. The number of rotatable bonds is 2. The Bertz CT molecular complexity index is 377. The molecular formula is C11H11FN2. The van der Waals surface area contributed by atoms with Crippen LogP contribution in [0.25, 0.3) is 0 Å². The van der Waals surface area contributed by atoms with Crippen molar-refractivity contribution < 1.29 is 4.39 Å². The van der Waals surface area contributed by atoms with Gasteiger partial charge < -0.3 is 0 Å². The molecule has 0 N–H and O–H groups in total. The minimum atomic E-state index is -0.320. The highest BCUT2D eigenvalue weighted by Crippen LogP contribution is 2.14. The molecule has 1 aromatic carbocycles. The second-order valence-electron chi connectivity index (χ2n) is 3.59. The van der Waals surface area contributed by atoms with Crippen molar-refractivity contribution in [1.82, 2.24) is 4.90 Å². The highest BCUT2D eigenvalue weighted by Gasteiger charge is 2.14. The van der Waals surface area contributed by atoms with Gasteiger partial charge in [-0.2, -0.15) is 5.26 Å². The Balaban J connectivity index is 2.16. The van der Waals surface area contributed by atoms with Gasteiger partial charge in [0.2, 0.25) is 0 Å². The van der Waals surface area contributed by atoms with Crippen molar-refractivity contribution in [3.8, 4) is 6.07 Å². The quantitative estimate of drug-likeness (QED) is 0.712. The van der Waals surface area contributed by atoms with E-state index in [9.17, 15) is 4.39 Å². The maximum Gasteiger partial charge on any atom is 0.124 e. The minimum absolute atomic E-state index is 0.320. The van der Waals surface area contributed by atoms with Crippen molar-refractivity contribution in [2.24, 2.45) is 0 Å². The predicted octanol–water partition coefficient (Wildman–Crippen LogP) is 1.90. The van der Waals surface area contributed by atoms with Crippen LogP contribution in [-0.4, -0.2) is 18.0 Å². The van der Waals surface area contributed by atoms with Crippen molar-refractivity contribution >= 4 is 0 Å². The molecule has 0 aliphatic carbocycles. The molecule has 1 heterocycles. The molecule has 0 spiro atoms. The van der Waals surface area contributed by atoms with E-state index in [1.54, 1.807) is 6.07 Å². The van der Waals surface area contributed by atoms with E-state index in [1.807, 2.05) is 6.07 Å². The van der Waals surface area contributed by atoms with Gasteiger partial charge in [0.05, 0.1) is 11.6 Å². The molecule has 72 valence electrons. The number of nitrogens with zero attached hydrogens (tertiary/aromatic N) is 2. The highest BCUT2D eigenvalue weighted by atomic mass is 19.1. The van der Waals surface area contributed by atoms with Gasteiger partial charge in [0, 0.05) is 6.54 Å². The minimum Gasteiger partial charge on any atom is -0.299 e. The SMILES string of the molecule is N#Cc1cc(F)cc(CN2CCC2)c1. The largest absolute Gasteiger partial charge is 0.299 e. The third-order valence-corrected chi connectivity index (χ3v) is 2.44. The molecule has 1 aliphatic heterocycles. The molecule has 14 heavy (non-hydrogen) atoms. The number of nitriles is 1. The monoisotopic (exact) mass is 190 g/mol. The van der Waals surface area contributed by atoms with Gasteiger partial charge >= 0.3 is 0 Å². The Kier molecular flexibility index (Phi) is 2.47.